The fourth-order valence-electron chi connectivity index (χ4n) is 3.62. The van der Waals surface area contributed by atoms with Crippen molar-refractivity contribution >= 4 is 32.6 Å². The number of benzene rings is 1. The Hall–Kier alpha value is -1.66. The van der Waals surface area contributed by atoms with Gasteiger partial charge in [-0.25, -0.2) is 4.98 Å². The van der Waals surface area contributed by atoms with E-state index in [0.29, 0.717) is 6.61 Å². The third-order valence-electron chi connectivity index (χ3n) is 4.88. The second kappa shape index (κ2) is 6.69. The Labute approximate surface area is 146 Å². The molecule has 0 aliphatic carbocycles. The molecule has 0 saturated carbocycles. The minimum atomic E-state index is 0.0797. The number of ether oxygens (including phenoxy) is 1. The molecule has 0 unspecified atom stereocenters. The SMILES string of the molecule is C[C@@H]1CN(C(=O)[C@H]2CCCN(c3nc4ccccc4s3)C2)CCO1. The number of carbonyl (C=O) groups excluding carboxylic acids is 1. The predicted molar refractivity (Wildman–Crippen MR) is 96.6 cm³/mol. The summed E-state index contributed by atoms with van der Waals surface area (Å²) >= 11 is 1.72. The lowest BCUT2D eigenvalue weighted by atomic mass is 9.96. The molecule has 0 radical (unpaired) electrons. The largest absolute Gasteiger partial charge is 0.375 e. The number of aromatic nitrogens is 1. The smallest absolute Gasteiger partial charge is 0.227 e. The van der Waals surface area contributed by atoms with Crippen LogP contribution < -0.4 is 4.90 Å². The van der Waals surface area contributed by atoms with E-state index < -0.39 is 0 Å². The number of nitrogens with zero attached hydrogens (tertiary/aromatic N) is 3. The van der Waals surface area contributed by atoms with Gasteiger partial charge in [-0.2, -0.15) is 0 Å². The molecule has 1 amide bonds. The summed E-state index contributed by atoms with van der Waals surface area (Å²) < 4.78 is 6.77. The Kier molecular flexibility index (Phi) is 4.41. The number of amides is 1. The number of fused-ring (bicyclic) bond motifs is 1. The second-order valence-corrected chi connectivity index (χ2v) is 7.72. The Morgan fingerprint density at radius 2 is 2.17 bits per heavy atom. The van der Waals surface area contributed by atoms with Crippen molar-refractivity contribution < 1.29 is 9.53 Å². The molecule has 0 spiro atoms. The number of para-hydroxylation sites is 1. The first-order valence-corrected chi connectivity index (χ1v) is 9.53. The van der Waals surface area contributed by atoms with Gasteiger partial charge in [-0.3, -0.25) is 4.79 Å². The van der Waals surface area contributed by atoms with E-state index in [-0.39, 0.29) is 17.9 Å². The predicted octanol–water partition coefficient (Wildman–Crippen LogP) is 2.76. The van der Waals surface area contributed by atoms with Gasteiger partial charge in [-0.05, 0) is 31.9 Å². The molecule has 2 aliphatic rings. The minimum absolute atomic E-state index is 0.0797. The average molecular weight is 345 g/mol. The first kappa shape index (κ1) is 15.8. The van der Waals surface area contributed by atoms with Crippen LogP contribution >= 0.6 is 11.3 Å². The fourth-order valence-corrected chi connectivity index (χ4v) is 4.63. The molecule has 6 heteroatoms. The van der Waals surface area contributed by atoms with Crippen molar-refractivity contribution in [1.29, 1.82) is 0 Å². The molecular weight excluding hydrogens is 322 g/mol. The van der Waals surface area contributed by atoms with Gasteiger partial charge >= 0.3 is 0 Å². The molecule has 0 N–H and O–H groups in total. The van der Waals surface area contributed by atoms with Crippen molar-refractivity contribution in [2.24, 2.45) is 5.92 Å². The van der Waals surface area contributed by atoms with Crippen molar-refractivity contribution in [1.82, 2.24) is 9.88 Å². The van der Waals surface area contributed by atoms with Crippen LogP contribution in [-0.2, 0) is 9.53 Å². The zero-order chi connectivity index (χ0) is 16.5. The Bertz CT molecular complexity index is 699. The highest BCUT2D eigenvalue weighted by Gasteiger charge is 2.32. The Balaban J connectivity index is 1.47. The molecule has 128 valence electrons. The van der Waals surface area contributed by atoms with Gasteiger partial charge in [0.05, 0.1) is 28.8 Å². The van der Waals surface area contributed by atoms with Crippen molar-refractivity contribution in [2.45, 2.75) is 25.9 Å². The quantitative estimate of drug-likeness (QED) is 0.840. The van der Waals surface area contributed by atoms with Crippen molar-refractivity contribution in [3.8, 4) is 0 Å². The lowest BCUT2D eigenvalue weighted by molar-refractivity contribution is -0.142. The zero-order valence-electron chi connectivity index (χ0n) is 14.0. The van der Waals surface area contributed by atoms with E-state index in [1.165, 1.54) is 4.70 Å². The molecule has 1 aromatic carbocycles. The molecule has 4 rings (SSSR count). The van der Waals surface area contributed by atoms with Gasteiger partial charge in [0, 0.05) is 26.2 Å². The van der Waals surface area contributed by atoms with Crippen LogP contribution in [0.3, 0.4) is 0 Å². The highest BCUT2D eigenvalue weighted by molar-refractivity contribution is 7.22. The van der Waals surface area contributed by atoms with Crippen molar-refractivity contribution in [3.63, 3.8) is 0 Å². The van der Waals surface area contributed by atoms with Crippen LogP contribution in [0.1, 0.15) is 19.8 Å². The molecule has 2 saturated heterocycles. The molecule has 2 aromatic rings. The van der Waals surface area contributed by atoms with Crippen LogP contribution in [0.4, 0.5) is 5.13 Å². The number of rotatable bonds is 2. The third kappa shape index (κ3) is 3.13. The molecule has 24 heavy (non-hydrogen) atoms. The Morgan fingerprint density at radius 1 is 1.29 bits per heavy atom. The average Bonchev–Trinajstić information content (AvgIpc) is 3.05. The lowest BCUT2D eigenvalue weighted by Gasteiger charge is -2.37. The summed E-state index contributed by atoms with van der Waals surface area (Å²) in [6.07, 6.45) is 2.17. The van der Waals surface area contributed by atoms with Crippen molar-refractivity contribution in [2.75, 3.05) is 37.7 Å². The van der Waals surface area contributed by atoms with Crippen LogP contribution in [-0.4, -0.2) is 54.7 Å². The highest BCUT2D eigenvalue weighted by Crippen LogP contribution is 2.32. The van der Waals surface area contributed by atoms with E-state index in [0.717, 1.165) is 49.7 Å². The molecule has 5 nitrogen and oxygen atoms in total. The van der Waals surface area contributed by atoms with E-state index in [2.05, 4.69) is 17.0 Å². The summed E-state index contributed by atoms with van der Waals surface area (Å²) in [6, 6.07) is 8.23. The normalized spacial score (nSPS) is 25.2. The zero-order valence-corrected chi connectivity index (χ0v) is 14.8. The van der Waals surface area contributed by atoms with Gasteiger partial charge in [0.25, 0.3) is 0 Å². The number of thiazole rings is 1. The monoisotopic (exact) mass is 345 g/mol. The van der Waals surface area contributed by atoms with Gasteiger partial charge in [0.2, 0.25) is 5.91 Å². The molecule has 2 aliphatic heterocycles. The Morgan fingerprint density at radius 3 is 3.00 bits per heavy atom. The number of piperidine rings is 1. The van der Waals surface area contributed by atoms with Gasteiger partial charge in [0.15, 0.2) is 5.13 Å². The summed E-state index contributed by atoms with van der Waals surface area (Å²) in [5.41, 5.74) is 1.05. The van der Waals surface area contributed by atoms with Gasteiger partial charge in [-0.15, -0.1) is 0 Å². The number of carbonyl (C=O) groups is 1. The van der Waals surface area contributed by atoms with Gasteiger partial charge in [-0.1, -0.05) is 23.5 Å². The maximum Gasteiger partial charge on any atom is 0.227 e. The summed E-state index contributed by atoms with van der Waals surface area (Å²) in [4.78, 5) is 21.9. The molecule has 1 aromatic heterocycles. The van der Waals surface area contributed by atoms with Gasteiger partial charge < -0.3 is 14.5 Å². The maximum absolute atomic E-state index is 12.9. The number of morpholine rings is 1. The first-order valence-electron chi connectivity index (χ1n) is 8.71. The van der Waals surface area contributed by atoms with Gasteiger partial charge in [0.1, 0.15) is 0 Å². The van der Waals surface area contributed by atoms with Crippen molar-refractivity contribution in [3.05, 3.63) is 24.3 Å². The summed E-state index contributed by atoms with van der Waals surface area (Å²) in [5, 5.41) is 1.05. The van der Waals surface area contributed by atoms with E-state index in [1.807, 2.05) is 24.0 Å². The topological polar surface area (TPSA) is 45.7 Å². The van der Waals surface area contributed by atoms with Crippen LogP contribution in [0.5, 0.6) is 0 Å². The molecule has 2 atom stereocenters. The standard InChI is InChI=1S/C18H23N3O2S/c1-13-11-20(9-10-23-13)17(22)14-5-4-8-21(12-14)18-19-15-6-2-3-7-16(15)24-18/h2-3,6-7,13-14H,4-5,8-12H2,1H3/t13-,14+/m1/s1. The molecule has 0 bridgehead atoms. The summed E-state index contributed by atoms with van der Waals surface area (Å²) in [6.45, 7) is 5.90. The second-order valence-electron chi connectivity index (χ2n) is 6.71. The highest BCUT2D eigenvalue weighted by atomic mass is 32.1. The number of hydrogen-bond donors (Lipinski definition) is 0. The molecular formula is C18H23N3O2S. The minimum Gasteiger partial charge on any atom is -0.375 e. The van der Waals surface area contributed by atoms with Crippen LogP contribution in [0.2, 0.25) is 0 Å². The summed E-state index contributed by atoms with van der Waals surface area (Å²) in [7, 11) is 0. The van der Waals surface area contributed by atoms with E-state index in [4.69, 9.17) is 9.72 Å². The maximum atomic E-state index is 12.9. The van der Waals surface area contributed by atoms with E-state index in [9.17, 15) is 4.79 Å². The lowest BCUT2D eigenvalue weighted by Crippen LogP contribution is -2.50. The molecule has 2 fully saturated rings. The van der Waals surface area contributed by atoms with Crippen LogP contribution in [0.25, 0.3) is 10.2 Å². The van der Waals surface area contributed by atoms with E-state index >= 15 is 0 Å². The fraction of sp³-hybridized carbons (Fsp3) is 0.556. The van der Waals surface area contributed by atoms with E-state index in [1.54, 1.807) is 11.3 Å². The first-order chi connectivity index (χ1) is 11.7. The molecule has 3 heterocycles. The van der Waals surface area contributed by atoms with Crippen LogP contribution in [0, 0.1) is 5.92 Å². The van der Waals surface area contributed by atoms with Crippen LogP contribution in [0.15, 0.2) is 24.3 Å². The summed E-state index contributed by atoms with van der Waals surface area (Å²) in [5.74, 6) is 0.368. The number of hydrogen-bond acceptors (Lipinski definition) is 5. The number of anilines is 1. The third-order valence-corrected chi connectivity index (χ3v) is 5.97.